The number of nitrogens with zero attached hydrogens (tertiary/aromatic N) is 2. The SMILES string of the molecule is COC(=O)C(NC(=O)C(C)Oc1ccc(Oc2cnc3cc(Cl)ccc3n2)cc1)c1ccccc1. The molecule has 4 aromatic rings. The summed E-state index contributed by atoms with van der Waals surface area (Å²) in [6.07, 6.45) is 0.649. The lowest BCUT2D eigenvalue weighted by atomic mass is 10.1. The number of carbonyl (C=O) groups is 2. The van der Waals surface area contributed by atoms with Gasteiger partial charge in [-0.2, -0.15) is 0 Å². The Kier molecular flexibility index (Phi) is 7.42. The maximum atomic E-state index is 12.7. The first-order valence-electron chi connectivity index (χ1n) is 10.7. The highest BCUT2D eigenvalue weighted by Gasteiger charge is 2.26. The predicted octanol–water partition coefficient (Wildman–Crippen LogP) is 4.87. The molecule has 0 bridgehead atoms. The van der Waals surface area contributed by atoms with E-state index in [4.69, 9.17) is 25.8 Å². The molecule has 3 aromatic carbocycles. The summed E-state index contributed by atoms with van der Waals surface area (Å²) in [5.74, 6) is 0.269. The van der Waals surface area contributed by atoms with Gasteiger partial charge in [-0.1, -0.05) is 41.9 Å². The highest BCUT2D eigenvalue weighted by atomic mass is 35.5. The third kappa shape index (κ3) is 6.04. The minimum atomic E-state index is -0.936. The first-order chi connectivity index (χ1) is 16.9. The lowest BCUT2D eigenvalue weighted by Crippen LogP contribution is -2.41. The van der Waals surface area contributed by atoms with Gasteiger partial charge in [-0.25, -0.2) is 14.8 Å². The molecule has 0 aliphatic carbocycles. The normalized spacial score (nSPS) is 12.4. The van der Waals surface area contributed by atoms with E-state index in [1.165, 1.54) is 13.3 Å². The number of rotatable bonds is 8. The summed E-state index contributed by atoms with van der Waals surface area (Å²) < 4.78 is 16.3. The van der Waals surface area contributed by atoms with Crippen LogP contribution in [0.5, 0.6) is 17.4 Å². The van der Waals surface area contributed by atoms with Gasteiger partial charge >= 0.3 is 5.97 Å². The van der Waals surface area contributed by atoms with E-state index in [0.29, 0.717) is 39.0 Å². The number of carbonyl (C=O) groups excluding carboxylic acids is 2. The first kappa shape index (κ1) is 24.0. The maximum absolute atomic E-state index is 12.7. The van der Waals surface area contributed by atoms with Gasteiger partial charge in [0.05, 0.1) is 24.3 Å². The highest BCUT2D eigenvalue weighted by Crippen LogP contribution is 2.25. The summed E-state index contributed by atoms with van der Waals surface area (Å²) >= 11 is 5.98. The van der Waals surface area contributed by atoms with Crippen LogP contribution in [-0.2, 0) is 14.3 Å². The van der Waals surface area contributed by atoms with Crippen LogP contribution in [0.15, 0.2) is 79.0 Å². The Labute approximate surface area is 206 Å². The Hall–Kier alpha value is -4.17. The third-order valence-corrected chi connectivity index (χ3v) is 5.30. The number of amides is 1. The first-order valence-corrected chi connectivity index (χ1v) is 11.1. The topological polar surface area (TPSA) is 99.6 Å². The van der Waals surface area contributed by atoms with Crippen molar-refractivity contribution in [3.8, 4) is 17.4 Å². The smallest absolute Gasteiger partial charge is 0.333 e. The second-order valence-electron chi connectivity index (χ2n) is 7.55. The minimum absolute atomic E-state index is 0.330. The number of fused-ring (bicyclic) bond motifs is 1. The number of esters is 1. The quantitative estimate of drug-likeness (QED) is 0.351. The van der Waals surface area contributed by atoms with Gasteiger partial charge in [-0.15, -0.1) is 0 Å². The molecule has 1 aromatic heterocycles. The molecule has 9 heteroatoms. The van der Waals surface area contributed by atoms with Gasteiger partial charge in [0.1, 0.15) is 11.5 Å². The van der Waals surface area contributed by atoms with E-state index in [-0.39, 0.29) is 0 Å². The molecule has 8 nitrogen and oxygen atoms in total. The summed E-state index contributed by atoms with van der Waals surface area (Å²) in [6, 6.07) is 19.9. The van der Waals surface area contributed by atoms with Crippen LogP contribution in [0.3, 0.4) is 0 Å². The van der Waals surface area contributed by atoms with Crippen molar-refractivity contribution >= 4 is 34.5 Å². The lowest BCUT2D eigenvalue weighted by molar-refractivity contribution is -0.146. The molecular weight excluding hydrogens is 470 g/mol. The lowest BCUT2D eigenvalue weighted by Gasteiger charge is -2.20. The Balaban J connectivity index is 1.38. The number of nitrogens with one attached hydrogen (secondary N) is 1. The Morgan fingerprint density at radius 2 is 1.66 bits per heavy atom. The predicted molar refractivity (Wildman–Crippen MR) is 130 cm³/mol. The van der Waals surface area contributed by atoms with Crippen LogP contribution in [-0.4, -0.2) is 35.1 Å². The summed E-state index contributed by atoms with van der Waals surface area (Å²) in [4.78, 5) is 33.6. The zero-order chi connectivity index (χ0) is 24.8. The van der Waals surface area contributed by atoms with E-state index >= 15 is 0 Å². The number of aromatic nitrogens is 2. The molecule has 0 spiro atoms. The van der Waals surface area contributed by atoms with Crippen LogP contribution in [0.2, 0.25) is 5.02 Å². The van der Waals surface area contributed by atoms with Crippen molar-refractivity contribution in [2.45, 2.75) is 19.1 Å². The third-order valence-electron chi connectivity index (χ3n) is 5.07. The number of hydrogen-bond acceptors (Lipinski definition) is 7. The van der Waals surface area contributed by atoms with E-state index in [9.17, 15) is 9.59 Å². The molecule has 178 valence electrons. The molecule has 2 atom stereocenters. The number of hydrogen-bond donors (Lipinski definition) is 1. The number of halogens is 1. The molecule has 0 aliphatic rings. The highest BCUT2D eigenvalue weighted by molar-refractivity contribution is 6.31. The summed E-state index contributed by atoms with van der Waals surface area (Å²) in [5.41, 5.74) is 1.94. The minimum Gasteiger partial charge on any atom is -0.481 e. The van der Waals surface area contributed by atoms with Crippen molar-refractivity contribution in [1.29, 1.82) is 0 Å². The van der Waals surface area contributed by atoms with Crippen molar-refractivity contribution < 1.29 is 23.8 Å². The molecule has 1 heterocycles. The van der Waals surface area contributed by atoms with E-state index in [0.717, 1.165) is 0 Å². The van der Waals surface area contributed by atoms with Crippen molar-refractivity contribution in [2.24, 2.45) is 0 Å². The van der Waals surface area contributed by atoms with Crippen LogP contribution < -0.4 is 14.8 Å². The van der Waals surface area contributed by atoms with Gasteiger partial charge in [0.2, 0.25) is 5.88 Å². The summed E-state index contributed by atoms with van der Waals surface area (Å²) in [6.45, 7) is 1.59. The fraction of sp³-hybridized carbons (Fsp3) is 0.154. The van der Waals surface area contributed by atoms with Gasteiger partial charge in [-0.3, -0.25) is 4.79 Å². The second kappa shape index (κ2) is 10.8. The van der Waals surface area contributed by atoms with Gasteiger partial charge in [0, 0.05) is 5.02 Å². The van der Waals surface area contributed by atoms with Crippen LogP contribution in [0.25, 0.3) is 11.0 Å². The van der Waals surface area contributed by atoms with Crippen LogP contribution in [0.1, 0.15) is 18.5 Å². The van der Waals surface area contributed by atoms with E-state index in [1.54, 1.807) is 73.7 Å². The van der Waals surface area contributed by atoms with E-state index < -0.39 is 24.0 Å². The average molecular weight is 492 g/mol. The molecule has 0 radical (unpaired) electrons. The maximum Gasteiger partial charge on any atom is 0.333 e. The van der Waals surface area contributed by atoms with Gasteiger partial charge < -0.3 is 19.5 Å². The van der Waals surface area contributed by atoms with Crippen LogP contribution in [0.4, 0.5) is 0 Å². The molecule has 4 rings (SSSR count). The fourth-order valence-electron chi connectivity index (χ4n) is 3.28. The number of benzene rings is 3. The monoisotopic (exact) mass is 491 g/mol. The Morgan fingerprint density at radius 3 is 2.37 bits per heavy atom. The summed E-state index contributed by atoms with van der Waals surface area (Å²) in [5, 5.41) is 3.26. The van der Waals surface area contributed by atoms with Crippen molar-refractivity contribution in [1.82, 2.24) is 15.3 Å². The zero-order valence-electron chi connectivity index (χ0n) is 19.0. The van der Waals surface area contributed by atoms with E-state index in [1.807, 2.05) is 6.07 Å². The van der Waals surface area contributed by atoms with Crippen LogP contribution >= 0.6 is 11.6 Å². The fourth-order valence-corrected chi connectivity index (χ4v) is 3.45. The molecule has 0 aliphatic heterocycles. The zero-order valence-corrected chi connectivity index (χ0v) is 19.7. The van der Waals surface area contributed by atoms with Gasteiger partial charge in [-0.05, 0) is 55.0 Å². The van der Waals surface area contributed by atoms with Crippen molar-refractivity contribution in [3.05, 3.63) is 89.6 Å². The van der Waals surface area contributed by atoms with Crippen molar-refractivity contribution in [2.75, 3.05) is 7.11 Å². The Morgan fingerprint density at radius 1 is 0.943 bits per heavy atom. The molecular formula is C26H22ClN3O5. The standard InChI is InChI=1S/C26H22ClN3O5/c1-16(25(31)30-24(26(32)33-2)17-6-4-3-5-7-17)34-19-9-11-20(12-10-19)35-23-15-28-22-14-18(27)8-13-21(22)29-23/h3-16,24H,1-2H3,(H,30,31). The van der Waals surface area contributed by atoms with Crippen molar-refractivity contribution in [3.63, 3.8) is 0 Å². The molecule has 0 saturated carbocycles. The van der Waals surface area contributed by atoms with Gasteiger partial charge in [0.15, 0.2) is 12.1 Å². The molecule has 0 fully saturated rings. The number of methoxy groups -OCH3 is 1. The summed E-state index contributed by atoms with van der Waals surface area (Å²) in [7, 11) is 1.27. The average Bonchev–Trinajstić information content (AvgIpc) is 2.88. The number of ether oxygens (including phenoxy) is 3. The molecule has 1 amide bonds. The van der Waals surface area contributed by atoms with E-state index in [2.05, 4.69) is 15.3 Å². The Bertz CT molecular complexity index is 1330. The van der Waals surface area contributed by atoms with Gasteiger partial charge in [0.25, 0.3) is 5.91 Å². The molecule has 0 saturated heterocycles. The molecule has 2 unspecified atom stereocenters. The second-order valence-corrected chi connectivity index (χ2v) is 7.99. The molecule has 35 heavy (non-hydrogen) atoms. The molecule has 1 N–H and O–H groups in total. The van der Waals surface area contributed by atoms with Crippen LogP contribution in [0, 0.1) is 0 Å². The largest absolute Gasteiger partial charge is 0.481 e.